The minimum absolute atomic E-state index is 0.227. The lowest BCUT2D eigenvalue weighted by Gasteiger charge is -2.17. The van der Waals surface area contributed by atoms with Crippen LogP contribution in [0.3, 0.4) is 0 Å². The van der Waals surface area contributed by atoms with E-state index in [1.807, 2.05) is 12.3 Å². The van der Waals surface area contributed by atoms with E-state index in [1.165, 1.54) is 38.1 Å². The molecule has 0 unspecified atom stereocenters. The van der Waals surface area contributed by atoms with E-state index in [0.717, 1.165) is 51.3 Å². The summed E-state index contributed by atoms with van der Waals surface area (Å²) in [4.78, 5) is 10.3. The molecule has 1 saturated carbocycles. The Bertz CT molecular complexity index is 955. The number of aromatic nitrogens is 2. The molecule has 2 fully saturated rings. The highest BCUT2D eigenvalue weighted by molar-refractivity contribution is 7.18. The predicted octanol–water partition coefficient (Wildman–Crippen LogP) is 4.88. The molecule has 1 saturated heterocycles. The van der Waals surface area contributed by atoms with Gasteiger partial charge in [0.15, 0.2) is 5.13 Å². The first kappa shape index (κ1) is 17.8. The molecule has 6 heteroatoms. The van der Waals surface area contributed by atoms with E-state index in [2.05, 4.69) is 27.8 Å². The van der Waals surface area contributed by atoms with Crippen LogP contribution in [0.1, 0.15) is 18.5 Å². The fraction of sp³-hybridized carbons (Fsp3) is 0.364. The van der Waals surface area contributed by atoms with E-state index >= 15 is 0 Å². The Labute approximate surface area is 168 Å². The van der Waals surface area contributed by atoms with Gasteiger partial charge in [0.2, 0.25) is 0 Å². The van der Waals surface area contributed by atoms with Gasteiger partial charge in [0, 0.05) is 11.9 Å². The summed E-state index contributed by atoms with van der Waals surface area (Å²) in [5, 5.41) is 7.67. The zero-order valence-corrected chi connectivity index (χ0v) is 16.4. The Morgan fingerprint density at radius 2 is 2.00 bits per heavy atom. The largest absolute Gasteiger partial charge is 0.316 e. The van der Waals surface area contributed by atoms with Crippen LogP contribution in [0.5, 0.6) is 0 Å². The monoisotopic (exact) mass is 394 g/mol. The lowest BCUT2D eigenvalue weighted by molar-refractivity contribution is 0.372. The highest BCUT2D eigenvalue weighted by Crippen LogP contribution is 2.40. The molecule has 0 radical (unpaired) electrons. The van der Waals surface area contributed by atoms with Gasteiger partial charge in [-0.05, 0) is 79.9 Å². The van der Waals surface area contributed by atoms with Crippen LogP contribution in [-0.4, -0.2) is 23.1 Å². The molecule has 0 amide bonds. The summed E-state index contributed by atoms with van der Waals surface area (Å²) in [6.45, 7) is 2.36. The zero-order chi connectivity index (χ0) is 18.9. The van der Waals surface area contributed by atoms with Crippen LogP contribution in [0.4, 0.5) is 15.3 Å². The molecule has 0 bridgehead atoms. The van der Waals surface area contributed by atoms with E-state index < -0.39 is 0 Å². The Morgan fingerprint density at radius 3 is 2.89 bits per heavy atom. The number of nitrogens with zero attached hydrogens (tertiary/aromatic N) is 2. The first-order valence-corrected chi connectivity index (χ1v) is 10.7. The zero-order valence-electron chi connectivity index (χ0n) is 15.6. The predicted molar refractivity (Wildman–Crippen MR) is 111 cm³/mol. The molecular weight excluding hydrogens is 371 g/mol. The van der Waals surface area contributed by atoms with Gasteiger partial charge in [0.05, 0.1) is 4.88 Å². The third kappa shape index (κ3) is 3.66. The van der Waals surface area contributed by atoms with Gasteiger partial charge in [-0.15, -0.1) is 0 Å². The third-order valence-corrected chi connectivity index (χ3v) is 7.02. The normalized spacial score (nSPS) is 23.7. The molecule has 3 atom stereocenters. The van der Waals surface area contributed by atoms with Gasteiger partial charge in [-0.2, -0.15) is 0 Å². The van der Waals surface area contributed by atoms with Crippen molar-refractivity contribution in [3.63, 3.8) is 0 Å². The van der Waals surface area contributed by atoms with Gasteiger partial charge >= 0.3 is 0 Å². The van der Waals surface area contributed by atoms with E-state index in [4.69, 9.17) is 4.98 Å². The number of pyridine rings is 1. The molecule has 2 aliphatic rings. The Hall–Kier alpha value is -2.31. The minimum Gasteiger partial charge on any atom is -0.316 e. The topological polar surface area (TPSA) is 49.8 Å². The molecule has 4 nitrogen and oxygen atoms in total. The van der Waals surface area contributed by atoms with Crippen LogP contribution >= 0.6 is 11.3 Å². The Morgan fingerprint density at radius 1 is 1.11 bits per heavy atom. The molecule has 28 heavy (non-hydrogen) atoms. The van der Waals surface area contributed by atoms with E-state index in [9.17, 15) is 4.39 Å². The summed E-state index contributed by atoms with van der Waals surface area (Å²) in [6.07, 6.45) is 5.54. The first-order valence-electron chi connectivity index (χ1n) is 9.90. The molecular formula is C22H23FN4S. The number of anilines is 2. The minimum atomic E-state index is -0.227. The van der Waals surface area contributed by atoms with Gasteiger partial charge in [-0.3, -0.25) is 0 Å². The van der Waals surface area contributed by atoms with Gasteiger partial charge < -0.3 is 10.6 Å². The number of rotatable bonds is 5. The Kier molecular flexibility index (Phi) is 4.82. The highest BCUT2D eigenvalue weighted by atomic mass is 32.1. The summed E-state index contributed by atoms with van der Waals surface area (Å²) < 4.78 is 13.1. The number of halogens is 1. The molecule has 1 aliphatic carbocycles. The maximum atomic E-state index is 13.1. The number of fused-ring (bicyclic) bond motifs is 1. The smallest absolute Gasteiger partial charge is 0.188 e. The quantitative estimate of drug-likeness (QED) is 0.648. The van der Waals surface area contributed by atoms with Crippen LogP contribution in [0, 0.1) is 23.6 Å². The number of benzene rings is 1. The van der Waals surface area contributed by atoms with Crippen molar-refractivity contribution in [3.8, 4) is 10.4 Å². The average molecular weight is 395 g/mol. The molecule has 3 aromatic rings. The van der Waals surface area contributed by atoms with E-state index in [-0.39, 0.29) is 5.82 Å². The molecule has 1 aromatic carbocycles. The van der Waals surface area contributed by atoms with Gasteiger partial charge in [-0.25, -0.2) is 14.4 Å². The standard InChI is InChI=1S/C22H23FN4S/c23-17-8-6-14(7-9-17)20-13-25-22(28-20)27-21-3-1-2-18(26-21)10-15-4-5-16-11-24-12-19(15)16/h1-3,6-9,13,15-16,19,24H,4-5,10-12H2,(H,25,26,27)/t15-,16-,19-/m1/s1. The maximum Gasteiger partial charge on any atom is 0.188 e. The number of thiazole rings is 1. The fourth-order valence-electron chi connectivity index (χ4n) is 4.64. The van der Waals surface area contributed by atoms with Crippen LogP contribution in [-0.2, 0) is 6.42 Å². The fourth-order valence-corrected chi connectivity index (χ4v) is 5.47. The molecule has 2 N–H and O–H groups in total. The van der Waals surface area contributed by atoms with Gasteiger partial charge in [-0.1, -0.05) is 29.5 Å². The van der Waals surface area contributed by atoms with E-state index in [1.54, 1.807) is 23.5 Å². The van der Waals surface area contributed by atoms with Crippen molar-refractivity contribution in [2.45, 2.75) is 19.3 Å². The summed E-state index contributed by atoms with van der Waals surface area (Å²) in [5.41, 5.74) is 2.12. The van der Waals surface area contributed by atoms with Crippen molar-refractivity contribution >= 4 is 22.3 Å². The van der Waals surface area contributed by atoms with Gasteiger partial charge in [0.25, 0.3) is 0 Å². The second-order valence-electron chi connectivity index (χ2n) is 7.80. The maximum absolute atomic E-state index is 13.1. The summed E-state index contributed by atoms with van der Waals surface area (Å²) in [5.74, 6) is 3.03. The molecule has 0 spiro atoms. The van der Waals surface area contributed by atoms with Crippen LogP contribution in [0.15, 0.2) is 48.7 Å². The van der Waals surface area contributed by atoms with Crippen molar-refractivity contribution in [2.24, 2.45) is 17.8 Å². The van der Waals surface area contributed by atoms with E-state index in [0.29, 0.717) is 0 Å². The van der Waals surface area contributed by atoms with Gasteiger partial charge in [0.1, 0.15) is 11.6 Å². The molecule has 1 aliphatic heterocycles. The summed E-state index contributed by atoms with van der Waals surface area (Å²) >= 11 is 1.55. The molecule has 144 valence electrons. The van der Waals surface area contributed by atoms with Crippen molar-refractivity contribution in [2.75, 3.05) is 18.4 Å². The second kappa shape index (κ2) is 7.60. The SMILES string of the molecule is Fc1ccc(-c2cnc(Nc3cccc(C[C@H]4CC[C@@H]5CNC[C@@H]54)n3)s2)cc1. The third-order valence-electron chi connectivity index (χ3n) is 6.05. The highest BCUT2D eigenvalue weighted by Gasteiger charge is 2.38. The van der Waals surface area contributed by atoms with Crippen molar-refractivity contribution < 1.29 is 4.39 Å². The number of nitrogens with one attached hydrogen (secondary N) is 2. The van der Waals surface area contributed by atoms with Crippen LogP contribution in [0.2, 0.25) is 0 Å². The van der Waals surface area contributed by atoms with Crippen molar-refractivity contribution in [1.29, 1.82) is 0 Å². The van der Waals surface area contributed by atoms with Crippen LogP contribution in [0.25, 0.3) is 10.4 Å². The number of hydrogen-bond acceptors (Lipinski definition) is 5. The average Bonchev–Trinajstić information content (AvgIpc) is 3.42. The summed E-state index contributed by atoms with van der Waals surface area (Å²) in [7, 11) is 0. The molecule has 2 aromatic heterocycles. The number of hydrogen-bond donors (Lipinski definition) is 2. The van der Waals surface area contributed by atoms with Crippen molar-refractivity contribution in [3.05, 3.63) is 60.2 Å². The molecule has 3 heterocycles. The first-order chi connectivity index (χ1) is 13.7. The summed E-state index contributed by atoms with van der Waals surface area (Å²) in [6, 6.07) is 12.7. The molecule has 5 rings (SSSR count). The van der Waals surface area contributed by atoms with Crippen LogP contribution < -0.4 is 10.6 Å². The second-order valence-corrected chi connectivity index (χ2v) is 8.83. The lowest BCUT2D eigenvalue weighted by Crippen LogP contribution is -2.18. The van der Waals surface area contributed by atoms with Crippen molar-refractivity contribution in [1.82, 2.24) is 15.3 Å². The Balaban J connectivity index is 1.27. The lowest BCUT2D eigenvalue weighted by atomic mass is 9.89.